The molecular formula is C18H18N4O4S. The number of nitrogens with one attached hydrogen (secondary N) is 1. The number of carbonyl (C=O) groups is 1. The Morgan fingerprint density at radius 1 is 1.11 bits per heavy atom. The van der Waals surface area contributed by atoms with Gasteiger partial charge in [0.1, 0.15) is 6.54 Å². The molecule has 2 aromatic carbocycles. The fourth-order valence-electron chi connectivity index (χ4n) is 2.50. The number of hydrogen-bond acceptors (Lipinski definition) is 5. The molecule has 0 bridgehead atoms. The van der Waals surface area contributed by atoms with Crippen LogP contribution >= 0.6 is 0 Å². The van der Waals surface area contributed by atoms with Gasteiger partial charge in [-0.05, 0) is 30.3 Å². The predicted molar refractivity (Wildman–Crippen MR) is 102 cm³/mol. The van der Waals surface area contributed by atoms with Crippen LogP contribution in [0, 0.1) is 0 Å². The van der Waals surface area contributed by atoms with E-state index in [0.717, 1.165) is 8.99 Å². The Hall–Kier alpha value is -3.04. The number of anilines is 1. The molecule has 0 aliphatic rings. The van der Waals surface area contributed by atoms with Crippen molar-refractivity contribution < 1.29 is 13.2 Å². The van der Waals surface area contributed by atoms with Crippen molar-refractivity contribution in [2.75, 3.05) is 19.4 Å². The molecule has 0 unspecified atom stereocenters. The molecule has 0 aliphatic heterocycles. The van der Waals surface area contributed by atoms with E-state index < -0.39 is 15.9 Å². The van der Waals surface area contributed by atoms with Gasteiger partial charge < -0.3 is 5.32 Å². The normalized spacial score (nSPS) is 11.7. The fourth-order valence-corrected chi connectivity index (χ4v) is 3.40. The Labute approximate surface area is 156 Å². The number of amides is 1. The fraction of sp³-hybridized carbons (Fsp3) is 0.167. The molecule has 8 nitrogen and oxygen atoms in total. The lowest BCUT2D eigenvalue weighted by molar-refractivity contribution is -0.117. The van der Waals surface area contributed by atoms with Gasteiger partial charge in [0.2, 0.25) is 15.9 Å². The van der Waals surface area contributed by atoms with Crippen LogP contribution in [-0.2, 0) is 21.4 Å². The molecule has 140 valence electrons. The molecule has 1 heterocycles. The first-order valence-electron chi connectivity index (χ1n) is 8.06. The maximum absolute atomic E-state index is 12.4. The third-order valence-electron chi connectivity index (χ3n) is 3.97. The molecule has 9 heteroatoms. The summed E-state index contributed by atoms with van der Waals surface area (Å²) < 4.78 is 26.3. The molecule has 1 N–H and O–H groups in total. The van der Waals surface area contributed by atoms with Crippen molar-refractivity contribution in [2.24, 2.45) is 0 Å². The van der Waals surface area contributed by atoms with Gasteiger partial charge in [0.15, 0.2) is 0 Å². The highest BCUT2D eigenvalue weighted by atomic mass is 32.2. The number of hydrogen-bond donors (Lipinski definition) is 1. The van der Waals surface area contributed by atoms with Gasteiger partial charge in [-0.2, -0.15) is 5.10 Å². The Morgan fingerprint density at radius 3 is 2.44 bits per heavy atom. The standard InChI is InChI=1S/C18H18N4O4S/c1-21(2)27(25,26)15-9-7-14(8-10-15)20-17(23)12-22-18(24)16-6-4-3-5-13(16)11-19-22/h3-11H,12H2,1-2H3,(H,20,23). The molecule has 0 saturated carbocycles. The smallest absolute Gasteiger partial charge is 0.275 e. The van der Waals surface area contributed by atoms with Gasteiger partial charge in [0.25, 0.3) is 5.56 Å². The molecule has 0 atom stereocenters. The van der Waals surface area contributed by atoms with Crippen molar-refractivity contribution in [3.8, 4) is 0 Å². The third-order valence-corrected chi connectivity index (χ3v) is 5.80. The highest BCUT2D eigenvalue weighted by Gasteiger charge is 2.17. The van der Waals surface area contributed by atoms with Crippen molar-refractivity contribution >= 4 is 32.4 Å². The number of fused-ring (bicyclic) bond motifs is 1. The molecular weight excluding hydrogens is 368 g/mol. The van der Waals surface area contributed by atoms with Crippen LogP contribution in [0.25, 0.3) is 10.8 Å². The second kappa shape index (κ2) is 7.29. The van der Waals surface area contributed by atoms with Crippen LogP contribution in [0.4, 0.5) is 5.69 Å². The SMILES string of the molecule is CN(C)S(=O)(=O)c1ccc(NC(=O)Cn2ncc3ccccc3c2=O)cc1. The lowest BCUT2D eigenvalue weighted by Crippen LogP contribution is -2.29. The Balaban J connectivity index is 1.75. The molecule has 3 aromatic rings. The second-order valence-electron chi connectivity index (χ2n) is 6.05. The van der Waals surface area contributed by atoms with Gasteiger partial charge in [0, 0.05) is 25.2 Å². The van der Waals surface area contributed by atoms with Crippen molar-refractivity contribution in [3.05, 3.63) is 65.1 Å². The van der Waals surface area contributed by atoms with E-state index in [1.165, 1.54) is 44.6 Å². The summed E-state index contributed by atoms with van der Waals surface area (Å²) in [4.78, 5) is 24.7. The van der Waals surface area contributed by atoms with E-state index in [1.807, 2.05) is 0 Å². The first-order valence-corrected chi connectivity index (χ1v) is 9.50. The summed E-state index contributed by atoms with van der Waals surface area (Å²) in [5.74, 6) is -0.442. The van der Waals surface area contributed by atoms with Gasteiger partial charge in [-0.1, -0.05) is 18.2 Å². The van der Waals surface area contributed by atoms with E-state index in [-0.39, 0.29) is 17.0 Å². The Kier molecular flexibility index (Phi) is 5.06. The lowest BCUT2D eigenvalue weighted by atomic mass is 10.2. The quantitative estimate of drug-likeness (QED) is 0.712. The Morgan fingerprint density at radius 2 is 1.78 bits per heavy atom. The summed E-state index contributed by atoms with van der Waals surface area (Å²) in [6.07, 6.45) is 1.53. The molecule has 3 rings (SSSR count). The van der Waals surface area contributed by atoms with Crippen molar-refractivity contribution in [1.82, 2.24) is 14.1 Å². The third kappa shape index (κ3) is 3.88. The monoisotopic (exact) mass is 386 g/mol. The molecule has 0 radical (unpaired) electrons. The molecule has 1 aromatic heterocycles. The Bertz CT molecular complexity index is 1150. The second-order valence-corrected chi connectivity index (χ2v) is 8.21. The van der Waals surface area contributed by atoms with Gasteiger partial charge in [-0.15, -0.1) is 0 Å². The van der Waals surface area contributed by atoms with Crippen LogP contribution in [0.5, 0.6) is 0 Å². The molecule has 0 spiro atoms. The summed E-state index contributed by atoms with van der Waals surface area (Å²) in [6, 6.07) is 12.8. The van der Waals surface area contributed by atoms with Crippen LogP contribution in [-0.4, -0.2) is 42.5 Å². The van der Waals surface area contributed by atoms with Gasteiger partial charge in [0.05, 0.1) is 16.5 Å². The zero-order chi connectivity index (χ0) is 19.6. The van der Waals surface area contributed by atoms with Crippen LogP contribution in [0.2, 0.25) is 0 Å². The minimum absolute atomic E-state index is 0.123. The van der Waals surface area contributed by atoms with Crippen molar-refractivity contribution in [1.29, 1.82) is 0 Å². The molecule has 27 heavy (non-hydrogen) atoms. The van der Waals surface area contributed by atoms with Crippen molar-refractivity contribution in [3.63, 3.8) is 0 Å². The summed E-state index contributed by atoms with van der Waals surface area (Å²) in [6.45, 7) is -0.249. The average Bonchev–Trinajstić information content (AvgIpc) is 2.64. The minimum atomic E-state index is -3.53. The summed E-state index contributed by atoms with van der Waals surface area (Å²) in [5, 5.41) is 7.83. The number of nitrogens with zero attached hydrogens (tertiary/aromatic N) is 3. The van der Waals surface area contributed by atoms with Crippen molar-refractivity contribution in [2.45, 2.75) is 11.4 Å². The molecule has 0 fully saturated rings. The topological polar surface area (TPSA) is 101 Å². The van der Waals surface area contributed by atoms with E-state index in [4.69, 9.17) is 0 Å². The number of carbonyl (C=O) groups excluding carboxylic acids is 1. The predicted octanol–water partition coefficient (Wildman–Crippen LogP) is 1.29. The maximum atomic E-state index is 12.4. The largest absolute Gasteiger partial charge is 0.324 e. The zero-order valence-corrected chi connectivity index (χ0v) is 15.6. The highest BCUT2D eigenvalue weighted by Crippen LogP contribution is 2.16. The van der Waals surface area contributed by atoms with E-state index in [9.17, 15) is 18.0 Å². The maximum Gasteiger partial charge on any atom is 0.275 e. The number of rotatable bonds is 5. The summed E-state index contributed by atoms with van der Waals surface area (Å²) >= 11 is 0. The van der Waals surface area contributed by atoms with Crippen LogP contribution < -0.4 is 10.9 Å². The van der Waals surface area contributed by atoms with Gasteiger partial charge in [-0.3, -0.25) is 9.59 Å². The van der Waals surface area contributed by atoms with Crippen LogP contribution in [0.15, 0.2) is 64.4 Å². The van der Waals surface area contributed by atoms with E-state index in [0.29, 0.717) is 16.5 Å². The molecule has 1 amide bonds. The average molecular weight is 386 g/mol. The van der Waals surface area contributed by atoms with Crippen LogP contribution in [0.1, 0.15) is 0 Å². The molecule has 0 saturated heterocycles. The summed E-state index contributed by atoms with van der Waals surface area (Å²) in [5.41, 5.74) is 0.0715. The highest BCUT2D eigenvalue weighted by molar-refractivity contribution is 7.89. The lowest BCUT2D eigenvalue weighted by Gasteiger charge is -2.12. The summed E-state index contributed by atoms with van der Waals surface area (Å²) in [7, 11) is -0.644. The van der Waals surface area contributed by atoms with Crippen LogP contribution in [0.3, 0.4) is 0 Å². The zero-order valence-electron chi connectivity index (χ0n) is 14.8. The molecule has 0 aliphatic carbocycles. The van der Waals surface area contributed by atoms with E-state index in [1.54, 1.807) is 24.3 Å². The van der Waals surface area contributed by atoms with E-state index in [2.05, 4.69) is 10.4 Å². The number of sulfonamides is 1. The van der Waals surface area contributed by atoms with Gasteiger partial charge >= 0.3 is 0 Å². The number of aromatic nitrogens is 2. The number of benzene rings is 2. The first kappa shape index (κ1) is 18.7. The first-order chi connectivity index (χ1) is 12.8. The van der Waals surface area contributed by atoms with Gasteiger partial charge in [-0.25, -0.2) is 17.4 Å². The van der Waals surface area contributed by atoms with E-state index >= 15 is 0 Å². The minimum Gasteiger partial charge on any atom is -0.324 e.